The fourth-order valence-corrected chi connectivity index (χ4v) is 2.22. The lowest BCUT2D eigenvalue weighted by Gasteiger charge is -2.31. The van der Waals surface area contributed by atoms with Crippen LogP contribution in [0, 0.1) is 0 Å². The number of halogens is 1. The van der Waals surface area contributed by atoms with E-state index in [2.05, 4.69) is 10.2 Å². The highest BCUT2D eigenvalue weighted by atomic mass is 35.5. The van der Waals surface area contributed by atoms with Crippen LogP contribution in [0.3, 0.4) is 0 Å². The minimum absolute atomic E-state index is 0. The molecule has 0 radical (unpaired) electrons. The highest BCUT2D eigenvalue weighted by Crippen LogP contribution is 2.08. The summed E-state index contributed by atoms with van der Waals surface area (Å²) in [4.78, 5) is 26.1. The quantitative estimate of drug-likeness (QED) is 0.665. The second kappa shape index (κ2) is 6.18. The van der Waals surface area contributed by atoms with Crippen LogP contribution < -0.4 is 11.1 Å². The number of urea groups is 1. The molecule has 0 aromatic heterocycles. The summed E-state index contributed by atoms with van der Waals surface area (Å²) in [7, 11) is 0. The van der Waals surface area contributed by atoms with E-state index in [-0.39, 0.29) is 36.9 Å². The fourth-order valence-electron chi connectivity index (χ4n) is 2.22. The largest absolute Gasteiger partial charge is 0.329 e. The summed E-state index contributed by atoms with van der Waals surface area (Å²) < 4.78 is 0. The van der Waals surface area contributed by atoms with Crippen molar-refractivity contribution < 1.29 is 9.59 Å². The molecule has 1 atom stereocenters. The van der Waals surface area contributed by atoms with Crippen LogP contribution in [-0.2, 0) is 4.79 Å². The van der Waals surface area contributed by atoms with Crippen LogP contribution in [0.4, 0.5) is 4.79 Å². The third-order valence-corrected chi connectivity index (χ3v) is 3.12. The molecule has 2 rings (SSSR count). The van der Waals surface area contributed by atoms with Crippen molar-refractivity contribution in [2.45, 2.75) is 18.9 Å². The summed E-state index contributed by atoms with van der Waals surface area (Å²) in [5.74, 6) is -0.133. The molecule has 0 unspecified atom stereocenters. The predicted molar refractivity (Wildman–Crippen MR) is 66.0 cm³/mol. The van der Waals surface area contributed by atoms with Gasteiger partial charge in [-0.1, -0.05) is 0 Å². The van der Waals surface area contributed by atoms with E-state index < -0.39 is 0 Å². The molecule has 3 amide bonds. The summed E-state index contributed by atoms with van der Waals surface area (Å²) in [6.45, 7) is 3.21. The number of hydrogen-bond acceptors (Lipinski definition) is 4. The SMILES string of the molecule is Cl.N[C@@H]1CCCN(CCN2C(=O)CNC2=O)C1. The van der Waals surface area contributed by atoms with Gasteiger partial charge >= 0.3 is 6.03 Å². The van der Waals surface area contributed by atoms with Crippen molar-refractivity contribution in [3.8, 4) is 0 Å². The number of imide groups is 1. The molecule has 2 fully saturated rings. The van der Waals surface area contributed by atoms with Gasteiger partial charge in [-0.15, -0.1) is 12.4 Å². The molecular formula is C10H19ClN4O2. The topological polar surface area (TPSA) is 78.7 Å². The first-order chi connectivity index (χ1) is 7.66. The Kier molecular flexibility index (Phi) is 5.17. The number of hydrogen-bond donors (Lipinski definition) is 2. The molecule has 0 saturated carbocycles. The number of nitrogens with two attached hydrogens (primary N) is 1. The van der Waals surface area contributed by atoms with E-state index in [0.29, 0.717) is 6.54 Å². The van der Waals surface area contributed by atoms with Gasteiger partial charge in [-0.2, -0.15) is 0 Å². The highest BCUT2D eigenvalue weighted by molar-refractivity contribution is 6.01. The molecule has 0 aliphatic carbocycles. The molecule has 0 aromatic rings. The van der Waals surface area contributed by atoms with Crippen molar-refractivity contribution >= 4 is 24.3 Å². The minimum atomic E-state index is -0.272. The zero-order chi connectivity index (χ0) is 11.5. The maximum atomic E-state index is 11.3. The number of nitrogens with zero attached hydrogens (tertiary/aromatic N) is 2. The third-order valence-electron chi connectivity index (χ3n) is 3.12. The van der Waals surface area contributed by atoms with Crippen molar-refractivity contribution in [3.63, 3.8) is 0 Å². The average molecular weight is 263 g/mol. The standard InChI is InChI=1S/C10H18N4O2.ClH/c11-8-2-1-3-13(7-8)4-5-14-9(15)6-12-10(14)16;/h8H,1-7,11H2,(H,12,16);1H/t8-;/m1./s1. The van der Waals surface area contributed by atoms with Crippen molar-refractivity contribution in [1.82, 2.24) is 15.1 Å². The maximum Gasteiger partial charge on any atom is 0.324 e. The van der Waals surface area contributed by atoms with Crippen LogP contribution in [0.5, 0.6) is 0 Å². The first-order valence-electron chi connectivity index (χ1n) is 5.73. The first kappa shape index (κ1) is 14.2. The van der Waals surface area contributed by atoms with Crippen LogP contribution >= 0.6 is 12.4 Å². The zero-order valence-electron chi connectivity index (χ0n) is 9.72. The molecule has 3 N–H and O–H groups in total. The van der Waals surface area contributed by atoms with Crippen molar-refractivity contribution in [2.24, 2.45) is 5.73 Å². The van der Waals surface area contributed by atoms with Gasteiger partial charge in [0, 0.05) is 25.7 Å². The molecule has 0 spiro atoms. The minimum Gasteiger partial charge on any atom is -0.329 e. The summed E-state index contributed by atoms with van der Waals surface area (Å²) in [6.07, 6.45) is 2.17. The Labute approximate surface area is 107 Å². The molecular weight excluding hydrogens is 244 g/mol. The van der Waals surface area contributed by atoms with Crippen LogP contribution in [0.2, 0.25) is 0 Å². The van der Waals surface area contributed by atoms with Crippen molar-refractivity contribution in [3.05, 3.63) is 0 Å². The molecule has 2 aliphatic rings. The van der Waals surface area contributed by atoms with E-state index in [1.54, 1.807) is 0 Å². The molecule has 2 saturated heterocycles. The van der Waals surface area contributed by atoms with E-state index in [0.717, 1.165) is 32.5 Å². The molecule has 0 aromatic carbocycles. The Balaban J connectivity index is 0.00000144. The number of nitrogens with one attached hydrogen (secondary N) is 1. The van der Waals surface area contributed by atoms with Crippen molar-refractivity contribution in [2.75, 3.05) is 32.7 Å². The number of likely N-dealkylation sites (tertiary alicyclic amines) is 1. The van der Waals surface area contributed by atoms with Gasteiger partial charge in [-0.05, 0) is 19.4 Å². The van der Waals surface area contributed by atoms with Gasteiger partial charge < -0.3 is 16.0 Å². The molecule has 0 bridgehead atoms. The number of rotatable bonds is 3. The summed E-state index contributed by atoms with van der Waals surface area (Å²) >= 11 is 0. The van der Waals surface area contributed by atoms with Crippen LogP contribution in [0.1, 0.15) is 12.8 Å². The first-order valence-corrected chi connectivity index (χ1v) is 5.73. The maximum absolute atomic E-state index is 11.3. The fraction of sp³-hybridized carbons (Fsp3) is 0.800. The zero-order valence-corrected chi connectivity index (χ0v) is 10.5. The number of carbonyl (C=O) groups is 2. The Morgan fingerprint density at radius 3 is 2.71 bits per heavy atom. The van der Waals surface area contributed by atoms with Gasteiger partial charge in [0.05, 0.1) is 6.54 Å². The van der Waals surface area contributed by atoms with Crippen molar-refractivity contribution in [1.29, 1.82) is 0 Å². The number of amides is 3. The smallest absolute Gasteiger partial charge is 0.324 e. The summed E-state index contributed by atoms with van der Waals surface area (Å²) in [5, 5.41) is 2.51. The van der Waals surface area contributed by atoms with E-state index >= 15 is 0 Å². The second-order valence-corrected chi connectivity index (χ2v) is 4.41. The van der Waals surface area contributed by atoms with Crippen LogP contribution in [-0.4, -0.2) is 60.5 Å². The third kappa shape index (κ3) is 3.55. The van der Waals surface area contributed by atoms with E-state index in [9.17, 15) is 9.59 Å². The second-order valence-electron chi connectivity index (χ2n) is 4.41. The van der Waals surface area contributed by atoms with Gasteiger partial charge in [-0.3, -0.25) is 9.69 Å². The number of carbonyl (C=O) groups excluding carboxylic acids is 2. The Bertz CT molecular complexity index is 284. The van der Waals surface area contributed by atoms with E-state index in [4.69, 9.17) is 5.73 Å². The predicted octanol–water partition coefficient (Wildman–Crippen LogP) is -0.617. The normalized spacial score (nSPS) is 25.7. The van der Waals surface area contributed by atoms with Gasteiger partial charge in [0.15, 0.2) is 0 Å². The highest BCUT2D eigenvalue weighted by Gasteiger charge is 2.28. The van der Waals surface area contributed by atoms with E-state index in [1.807, 2.05) is 0 Å². The molecule has 2 heterocycles. The lowest BCUT2D eigenvalue weighted by molar-refractivity contribution is -0.125. The van der Waals surface area contributed by atoms with Crippen LogP contribution in [0.15, 0.2) is 0 Å². The van der Waals surface area contributed by atoms with Crippen LogP contribution in [0.25, 0.3) is 0 Å². The summed E-state index contributed by atoms with van der Waals surface area (Å²) in [6, 6.07) is -0.0387. The van der Waals surface area contributed by atoms with Gasteiger partial charge in [-0.25, -0.2) is 4.79 Å². The average Bonchev–Trinajstić information content (AvgIpc) is 2.56. The Morgan fingerprint density at radius 2 is 2.12 bits per heavy atom. The Morgan fingerprint density at radius 1 is 1.35 bits per heavy atom. The number of piperidine rings is 1. The lowest BCUT2D eigenvalue weighted by Crippen LogP contribution is -2.46. The lowest BCUT2D eigenvalue weighted by atomic mass is 10.1. The molecule has 98 valence electrons. The summed E-state index contributed by atoms with van der Waals surface area (Å²) in [5.41, 5.74) is 5.86. The molecule has 7 heteroatoms. The molecule has 6 nitrogen and oxygen atoms in total. The van der Waals surface area contributed by atoms with E-state index in [1.165, 1.54) is 4.90 Å². The van der Waals surface area contributed by atoms with Gasteiger partial charge in [0.25, 0.3) is 0 Å². The van der Waals surface area contributed by atoms with Gasteiger partial charge in [0.1, 0.15) is 0 Å². The van der Waals surface area contributed by atoms with Gasteiger partial charge in [0.2, 0.25) is 5.91 Å². The Hall–Kier alpha value is -0.850. The monoisotopic (exact) mass is 262 g/mol. The molecule has 17 heavy (non-hydrogen) atoms. The molecule has 2 aliphatic heterocycles.